The third-order valence-electron chi connectivity index (χ3n) is 5.15. The summed E-state index contributed by atoms with van der Waals surface area (Å²) in [4.78, 5) is 4.38. The molecule has 7 nitrogen and oxygen atoms in total. The number of halogens is 1. The van der Waals surface area contributed by atoms with Crippen molar-refractivity contribution in [3.05, 3.63) is 53.9 Å². The van der Waals surface area contributed by atoms with Crippen LogP contribution in [0.4, 0.5) is 10.2 Å². The summed E-state index contributed by atoms with van der Waals surface area (Å²) >= 11 is 1.46. The number of hydrogen-bond donors (Lipinski definition) is 3. The Labute approximate surface area is 158 Å². The molecule has 0 radical (unpaired) electrons. The number of fused-ring (bicyclic) bond motifs is 1. The van der Waals surface area contributed by atoms with Gasteiger partial charge in [-0.1, -0.05) is 12.1 Å². The number of rotatable bonds is 4. The number of aromatic nitrogens is 4. The van der Waals surface area contributed by atoms with E-state index in [-0.39, 0.29) is 23.0 Å². The van der Waals surface area contributed by atoms with Gasteiger partial charge in [-0.3, -0.25) is 4.40 Å². The molecule has 0 amide bonds. The van der Waals surface area contributed by atoms with Gasteiger partial charge < -0.3 is 15.5 Å². The quantitative estimate of drug-likeness (QED) is 0.628. The number of anilines is 1. The maximum Gasteiger partial charge on any atom is 0.203 e. The average molecular weight is 387 g/mol. The van der Waals surface area contributed by atoms with E-state index in [1.54, 1.807) is 28.9 Å². The Balaban J connectivity index is 1.39. The Morgan fingerprint density at radius 1 is 1.26 bits per heavy atom. The molecule has 1 aliphatic carbocycles. The van der Waals surface area contributed by atoms with Crippen molar-refractivity contribution in [2.24, 2.45) is 0 Å². The van der Waals surface area contributed by atoms with E-state index in [0.29, 0.717) is 23.0 Å². The first-order chi connectivity index (χ1) is 13.1. The topological polar surface area (TPSA) is 95.6 Å². The Hall–Kier alpha value is -2.23. The smallest absolute Gasteiger partial charge is 0.203 e. The van der Waals surface area contributed by atoms with E-state index in [9.17, 15) is 14.6 Å². The number of nitrogens with zero attached hydrogens (tertiary/aromatic N) is 4. The van der Waals surface area contributed by atoms with Crippen LogP contribution in [0.3, 0.4) is 0 Å². The Kier molecular flexibility index (Phi) is 4.03. The molecule has 0 unspecified atom stereocenters. The van der Waals surface area contributed by atoms with Crippen LogP contribution in [0.2, 0.25) is 0 Å². The van der Waals surface area contributed by atoms with Crippen molar-refractivity contribution in [2.45, 2.75) is 35.8 Å². The number of aliphatic hydroxyl groups is 2. The molecule has 1 aromatic carbocycles. The lowest BCUT2D eigenvalue weighted by molar-refractivity contribution is 0.0404. The van der Waals surface area contributed by atoms with Crippen LogP contribution in [0.1, 0.15) is 29.0 Å². The molecule has 1 saturated heterocycles. The molecule has 27 heavy (non-hydrogen) atoms. The SMILES string of the molecule is O[C@@H]1[C@H](O)CS[C@H]1c1nnc2c(N[C@H]3C[C@@H]3c3cccc(F)c3)nccn12. The molecule has 5 rings (SSSR count). The lowest BCUT2D eigenvalue weighted by Crippen LogP contribution is -2.25. The van der Waals surface area contributed by atoms with Gasteiger partial charge in [0.05, 0.1) is 17.5 Å². The Morgan fingerprint density at radius 3 is 2.93 bits per heavy atom. The number of thioether (sulfide) groups is 1. The molecule has 2 fully saturated rings. The van der Waals surface area contributed by atoms with Crippen molar-refractivity contribution in [3.63, 3.8) is 0 Å². The Bertz CT molecular complexity index is 999. The summed E-state index contributed by atoms with van der Waals surface area (Å²) in [6, 6.07) is 6.84. The second-order valence-corrected chi connectivity index (χ2v) is 8.16. The van der Waals surface area contributed by atoms with E-state index in [1.807, 2.05) is 6.07 Å². The molecule has 140 valence electrons. The predicted octanol–water partition coefficient (Wildman–Crippen LogP) is 1.74. The highest BCUT2D eigenvalue weighted by Crippen LogP contribution is 2.43. The third kappa shape index (κ3) is 2.95. The standard InChI is InChI=1S/C18H18FN5O2S/c19-10-3-1-2-9(6-10)11-7-12(11)21-16-18-23-22-17(24(18)5-4-20-16)15-14(26)13(25)8-27-15/h1-6,11-15,25-26H,7-8H2,(H,20,21)/t11-,12+,13-,14-,15-/m1/s1. The summed E-state index contributed by atoms with van der Waals surface area (Å²) in [5.74, 6) is 1.69. The maximum atomic E-state index is 13.4. The second kappa shape index (κ2) is 6.43. The number of nitrogens with one attached hydrogen (secondary N) is 1. The molecule has 2 aliphatic rings. The minimum atomic E-state index is -0.868. The molecular formula is C18H18FN5O2S. The second-order valence-electron chi connectivity index (χ2n) is 6.99. The zero-order valence-electron chi connectivity index (χ0n) is 14.2. The van der Waals surface area contributed by atoms with Crippen LogP contribution in [-0.2, 0) is 0 Å². The molecule has 2 aromatic heterocycles. The average Bonchev–Trinajstić information content (AvgIpc) is 3.17. The normalized spacial score (nSPS) is 30.0. The van der Waals surface area contributed by atoms with Gasteiger partial charge in [-0.15, -0.1) is 22.0 Å². The van der Waals surface area contributed by atoms with Crippen molar-refractivity contribution in [1.82, 2.24) is 19.6 Å². The molecule has 1 aliphatic heterocycles. The van der Waals surface area contributed by atoms with Gasteiger partial charge in [0.15, 0.2) is 11.6 Å². The highest BCUT2D eigenvalue weighted by molar-refractivity contribution is 7.99. The van der Waals surface area contributed by atoms with Crippen molar-refractivity contribution in [2.75, 3.05) is 11.1 Å². The molecule has 0 bridgehead atoms. The van der Waals surface area contributed by atoms with Crippen LogP contribution >= 0.6 is 11.8 Å². The fraction of sp³-hybridized carbons (Fsp3) is 0.389. The highest BCUT2D eigenvalue weighted by atomic mass is 32.2. The van der Waals surface area contributed by atoms with Crippen molar-refractivity contribution < 1.29 is 14.6 Å². The van der Waals surface area contributed by atoms with Gasteiger partial charge in [0.2, 0.25) is 5.65 Å². The number of benzene rings is 1. The fourth-order valence-corrected chi connectivity index (χ4v) is 4.89. The predicted molar refractivity (Wildman–Crippen MR) is 99.2 cm³/mol. The molecule has 3 heterocycles. The fourth-order valence-electron chi connectivity index (χ4n) is 3.60. The third-order valence-corrected chi connectivity index (χ3v) is 6.53. The first-order valence-corrected chi connectivity index (χ1v) is 9.86. The van der Waals surface area contributed by atoms with Crippen LogP contribution in [-0.4, -0.2) is 53.8 Å². The van der Waals surface area contributed by atoms with Gasteiger partial charge >= 0.3 is 0 Å². The van der Waals surface area contributed by atoms with E-state index in [2.05, 4.69) is 20.5 Å². The molecule has 0 spiro atoms. The molecule has 9 heteroatoms. The van der Waals surface area contributed by atoms with Gasteiger partial charge in [0.25, 0.3) is 0 Å². The first-order valence-electron chi connectivity index (χ1n) is 8.81. The highest BCUT2D eigenvalue weighted by Gasteiger charge is 2.40. The molecule has 1 saturated carbocycles. The van der Waals surface area contributed by atoms with Gasteiger partial charge in [-0.05, 0) is 24.1 Å². The molecule has 3 aromatic rings. The summed E-state index contributed by atoms with van der Waals surface area (Å²) in [7, 11) is 0. The minimum absolute atomic E-state index is 0.166. The van der Waals surface area contributed by atoms with E-state index >= 15 is 0 Å². The van der Waals surface area contributed by atoms with Gasteiger partial charge in [-0.2, -0.15) is 0 Å². The van der Waals surface area contributed by atoms with E-state index in [1.165, 1.54) is 17.8 Å². The van der Waals surface area contributed by atoms with Crippen LogP contribution < -0.4 is 5.32 Å². The van der Waals surface area contributed by atoms with Gasteiger partial charge in [-0.25, -0.2) is 9.37 Å². The largest absolute Gasteiger partial charge is 0.390 e. The molecule has 5 atom stereocenters. The monoisotopic (exact) mass is 387 g/mol. The van der Waals surface area contributed by atoms with Gasteiger partial charge in [0.1, 0.15) is 5.82 Å². The van der Waals surface area contributed by atoms with E-state index < -0.39 is 12.2 Å². The lowest BCUT2D eigenvalue weighted by atomic mass is 10.1. The van der Waals surface area contributed by atoms with E-state index in [0.717, 1.165) is 12.0 Å². The first kappa shape index (κ1) is 16.9. The van der Waals surface area contributed by atoms with E-state index in [4.69, 9.17) is 0 Å². The van der Waals surface area contributed by atoms with Crippen LogP contribution in [0, 0.1) is 5.82 Å². The zero-order valence-corrected chi connectivity index (χ0v) is 15.1. The van der Waals surface area contributed by atoms with Crippen molar-refractivity contribution in [3.8, 4) is 0 Å². The summed E-state index contributed by atoms with van der Waals surface area (Å²) in [5, 5.41) is 31.5. The minimum Gasteiger partial charge on any atom is -0.390 e. The zero-order chi connectivity index (χ0) is 18.5. The maximum absolute atomic E-state index is 13.4. The molecule has 3 N–H and O–H groups in total. The summed E-state index contributed by atoms with van der Waals surface area (Å²) in [6.07, 6.45) is 2.68. The summed E-state index contributed by atoms with van der Waals surface area (Å²) < 4.78 is 15.2. The van der Waals surface area contributed by atoms with Crippen LogP contribution in [0.25, 0.3) is 5.65 Å². The van der Waals surface area contributed by atoms with Crippen molar-refractivity contribution in [1.29, 1.82) is 0 Å². The number of hydrogen-bond acceptors (Lipinski definition) is 7. The summed E-state index contributed by atoms with van der Waals surface area (Å²) in [6.45, 7) is 0. The van der Waals surface area contributed by atoms with Gasteiger partial charge in [0, 0.05) is 30.1 Å². The number of aliphatic hydroxyl groups excluding tert-OH is 2. The van der Waals surface area contributed by atoms with Crippen LogP contribution in [0.5, 0.6) is 0 Å². The molecular weight excluding hydrogens is 369 g/mol. The summed E-state index contributed by atoms with van der Waals surface area (Å²) in [5.41, 5.74) is 1.55. The van der Waals surface area contributed by atoms with Crippen molar-refractivity contribution >= 4 is 23.2 Å². The van der Waals surface area contributed by atoms with Crippen LogP contribution in [0.15, 0.2) is 36.7 Å². The Morgan fingerprint density at radius 2 is 2.15 bits per heavy atom. The lowest BCUT2D eigenvalue weighted by Gasteiger charge is -2.13.